The summed E-state index contributed by atoms with van der Waals surface area (Å²) >= 11 is 1.60. The highest BCUT2D eigenvalue weighted by Gasteiger charge is 2.08. The van der Waals surface area contributed by atoms with Crippen molar-refractivity contribution in [3.63, 3.8) is 0 Å². The minimum absolute atomic E-state index is 0.0475. The molecule has 0 radical (unpaired) electrons. The highest BCUT2D eigenvalue weighted by atomic mass is 32.1. The number of oxazole rings is 1. The third-order valence-corrected chi connectivity index (χ3v) is 3.47. The number of thiophene rings is 1. The van der Waals surface area contributed by atoms with Gasteiger partial charge in [0.2, 0.25) is 5.91 Å². The van der Waals surface area contributed by atoms with Gasteiger partial charge in [-0.1, -0.05) is 6.07 Å². The minimum Gasteiger partial charge on any atom is -0.446 e. The maximum absolute atomic E-state index is 11.6. The van der Waals surface area contributed by atoms with Crippen LogP contribution in [-0.2, 0) is 17.6 Å². The monoisotopic (exact) mass is 264 g/mol. The van der Waals surface area contributed by atoms with Gasteiger partial charge < -0.3 is 9.73 Å². The molecule has 0 spiro atoms. The molecule has 0 aromatic carbocycles. The van der Waals surface area contributed by atoms with E-state index in [-0.39, 0.29) is 5.91 Å². The van der Waals surface area contributed by atoms with Gasteiger partial charge in [0.1, 0.15) is 5.76 Å². The summed E-state index contributed by atoms with van der Waals surface area (Å²) in [5, 5.41) is 4.86. The molecule has 0 saturated carbocycles. The Balaban J connectivity index is 1.75. The van der Waals surface area contributed by atoms with Crippen LogP contribution in [-0.4, -0.2) is 17.4 Å². The molecule has 2 heterocycles. The number of amides is 1. The van der Waals surface area contributed by atoms with Crippen LogP contribution in [0.3, 0.4) is 0 Å². The summed E-state index contributed by atoms with van der Waals surface area (Å²) in [5.41, 5.74) is 0.903. The van der Waals surface area contributed by atoms with Crippen molar-refractivity contribution in [3.05, 3.63) is 39.7 Å². The zero-order valence-corrected chi connectivity index (χ0v) is 11.3. The zero-order valence-electron chi connectivity index (χ0n) is 10.5. The van der Waals surface area contributed by atoms with Gasteiger partial charge in [0.15, 0.2) is 5.89 Å². The predicted octanol–water partition coefficient (Wildman–Crippen LogP) is 2.25. The standard InChI is InChI=1S/C13H16N2O2S/c1-9-12(17-10(2)15-9)5-6-14-13(16)8-11-4-3-7-18-11/h3-4,7H,5-6,8H2,1-2H3,(H,14,16). The van der Waals surface area contributed by atoms with Crippen molar-refractivity contribution in [3.8, 4) is 0 Å². The second-order valence-electron chi connectivity index (χ2n) is 4.10. The molecule has 2 rings (SSSR count). The van der Waals surface area contributed by atoms with Crippen LogP contribution in [0, 0.1) is 13.8 Å². The van der Waals surface area contributed by atoms with Crippen LogP contribution >= 0.6 is 11.3 Å². The van der Waals surface area contributed by atoms with Gasteiger partial charge in [-0.2, -0.15) is 0 Å². The van der Waals surface area contributed by atoms with Crippen LogP contribution in [0.15, 0.2) is 21.9 Å². The maximum atomic E-state index is 11.6. The van der Waals surface area contributed by atoms with Gasteiger partial charge in [0, 0.05) is 24.8 Å². The third-order valence-electron chi connectivity index (χ3n) is 2.59. The molecular formula is C13H16N2O2S. The van der Waals surface area contributed by atoms with Crippen LogP contribution in [0.2, 0.25) is 0 Å². The van der Waals surface area contributed by atoms with E-state index in [0.29, 0.717) is 25.3 Å². The van der Waals surface area contributed by atoms with Gasteiger partial charge in [-0.15, -0.1) is 11.3 Å². The first-order chi connectivity index (χ1) is 8.65. The molecule has 18 heavy (non-hydrogen) atoms. The fraction of sp³-hybridized carbons (Fsp3) is 0.385. The van der Waals surface area contributed by atoms with Crippen LogP contribution in [0.1, 0.15) is 22.2 Å². The largest absolute Gasteiger partial charge is 0.446 e. The molecule has 5 heteroatoms. The lowest BCUT2D eigenvalue weighted by Gasteiger charge is -2.02. The summed E-state index contributed by atoms with van der Waals surface area (Å²) in [5.74, 6) is 1.57. The topological polar surface area (TPSA) is 55.1 Å². The average molecular weight is 264 g/mol. The average Bonchev–Trinajstić information content (AvgIpc) is 2.89. The Hall–Kier alpha value is -1.62. The SMILES string of the molecule is Cc1nc(C)c(CCNC(=O)Cc2cccs2)o1. The van der Waals surface area contributed by atoms with E-state index in [1.807, 2.05) is 31.4 Å². The first-order valence-corrected chi connectivity index (χ1v) is 6.75. The zero-order chi connectivity index (χ0) is 13.0. The van der Waals surface area contributed by atoms with Crippen molar-refractivity contribution in [2.24, 2.45) is 0 Å². The number of nitrogens with one attached hydrogen (secondary N) is 1. The molecule has 2 aromatic heterocycles. The third kappa shape index (κ3) is 3.43. The van der Waals surface area contributed by atoms with Gasteiger partial charge in [-0.25, -0.2) is 4.98 Å². The Morgan fingerprint density at radius 1 is 1.50 bits per heavy atom. The molecule has 0 bridgehead atoms. The summed E-state index contributed by atoms with van der Waals surface area (Å²) < 4.78 is 5.44. The van der Waals surface area contributed by atoms with Crippen LogP contribution in [0.5, 0.6) is 0 Å². The molecule has 0 aliphatic heterocycles. The van der Waals surface area contributed by atoms with Gasteiger partial charge in [-0.3, -0.25) is 4.79 Å². The number of hydrogen-bond donors (Lipinski definition) is 1. The van der Waals surface area contributed by atoms with E-state index in [9.17, 15) is 4.79 Å². The molecular weight excluding hydrogens is 248 g/mol. The van der Waals surface area contributed by atoms with Crippen molar-refractivity contribution < 1.29 is 9.21 Å². The highest BCUT2D eigenvalue weighted by molar-refractivity contribution is 7.10. The number of hydrogen-bond acceptors (Lipinski definition) is 4. The second kappa shape index (κ2) is 5.82. The Labute approximate surface area is 110 Å². The van der Waals surface area contributed by atoms with Crippen LogP contribution < -0.4 is 5.32 Å². The predicted molar refractivity (Wildman–Crippen MR) is 70.7 cm³/mol. The fourth-order valence-corrected chi connectivity index (χ4v) is 2.46. The van der Waals surface area contributed by atoms with Crippen molar-refractivity contribution in [1.29, 1.82) is 0 Å². The van der Waals surface area contributed by atoms with E-state index in [4.69, 9.17) is 4.42 Å². The maximum Gasteiger partial charge on any atom is 0.225 e. The van der Waals surface area contributed by atoms with Crippen molar-refractivity contribution in [1.82, 2.24) is 10.3 Å². The molecule has 0 fully saturated rings. The van der Waals surface area contributed by atoms with Gasteiger partial charge in [0.25, 0.3) is 0 Å². The van der Waals surface area contributed by atoms with E-state index in [1.165, 1.54) is 0 Å². The van der Waals surface area contributed by atoms with Crippen molar-refractivity contribution in [2.45, 2.75) is 26.7 Å². The molecule has 0 aliphatic carbocycles. The van der Waals surface area contributed by atoms with Crippen molar-refractivity contribution in [2.75, 3.05) is 6.54 Å². The molecule has 1 N–H and O–H groups in total. The summed E-state index contributed by atoms with van der Waals surface area (Å²) in [6.07, 6.45) is 1.13. The number of carbonyl (C=O) groups excluding carboxylic acids is 1. The van der Waals surface area contributed by atoms with E-state index in [1.54, 1.807) is 11.3 Å². The number of aromatic nitrogens is 1. The lowest BCUT2D eigenvalue weighted by Crippen LogP contribution is -2.27. The number of rotatable bonds is 5. The summed E-state index contributed by atoms with van der Waals surface area (Å²) in [6, 6.07) is 3.92. The first-order valence-electron chi connectivity index (χ1n) is 5.87. The fourth-order valence-electron chi connectivity index (χ4n) is 1.75. The van der Waals surface area contributed by atoms with E-state index in [2.05, 4.69) is 10.3 Å². The van der Waals surface area contributed by atoms with Crippen LogP contribution in [0.4, 0.5) is 0 Å². The highest BCUT2D eigenvalue weighted by Crippen LogP contribution is 2.10. The number of nitrogens with zero attached hydrogens (tertiary/aromatic N) is 1. The Kier molecular flexibility index (Phi) is 4.15. The molecule has 0 unspecified atom stereocenters. The lowest BCUT2D eigenvalue weighted by atomic mass is 10.2. The Morgan fingerprint density at radius 2 is 2.33 bits per heavy atom. The van der Waals surface area contributed by atoms with E-state index < -0.39 is 0 Å². The normalized spacial score (nSPS) is 10.6. The summed E-state index contributed by atoms with van der Waals surface area (Å²) in [7, 11) is 0. The van der Waals surface area contributed by atoms with Gasteiger partial charge in [-0.05, 0) is 18.4 Å². The van der Waals surface area contributed by atoms with Gasteiger partial charge >= 0.3 is 0 Å². The molecule has 96 valence electrons. The smallest absolute Gasteiger partial charge is 0.225 e. The number of aryl methyl sites for hydroxylation is 2. The van der Waals surface area contributed by atoms with E-state index >= 15 is 0 Å². The first kappa shape index (κ1) is 12.8. The molecule has 0 saturated heterocycles. The van der Waals surface area contributed by atoms with Crippen LogP contribution in [0.25, 0.3) is 0 Å². The Bertz CT molecular complexity index is 517. The molecule has 0 atom stereocenters. The Morgan fingerprint density at radius 3 is 2.94 bits per heavy atom. The summed E-state index contributed by atoms with van der Waals surface area (Å²) in [6.45, 7) is 4.32. The molecule has 2 aromatic rings. The van der Waals surface area contributed by atoms with Gasteiger partial charge in [0.05, 0.1) is 12.1 Å². The lowest BCUT2D eigenvalue weighted by molar-refractivity contribution is -0.120. The molecule has 1 amide bonds. The molecule has 4 nitrogen and oxygen atoms in total. The second-order valence-corrected chi connectivity index (χ2v) is 5.13. The quantitative estimate of drug-likeness (QED) is 0.901. The van der Waals surface area contributed by atoms with E-state index in [0.717, 1.165) is 16.3 Å². The summed E-state index contributed by atoms with van der Waals surface area (Å²) in [4.78, 5) is 16.9. The number of carbonyl (C=O) groups is 1. The minimum atomic E-state index is 0.0475. The van der Waals surface area contributed by atoms with Crippen molar-refractivity contribution >= 4 is 17.2 Å². The molecule has 0 aliphatic rings.